The molecule has 0 amide bonds. The van der Waals surface area contributed by atoms with Crippen LogP contribution in [0, 0.1) is 0 Å². The molecule has 0 unspecified atom stereocenters. The molecule has 23 heavy (non-hydrogen) atoms. The van der Waals surface area contributed by atoms with Crippen LogP contribution in [0.25, 0.3) is 0 Å². The summed E-state index contributed by atoms with van der Waals surface area (Å²) in [6, 6.07) is 4.78. The van der Waals surface area contributed by atoms with E-state index in [0.29, 0.717) is 35.3 Å². The van der Waals surface area contributed by atoms with Gasteiger partial charge in [-0.05, 0) is 23.8 Å². The Morgan fingerprint density at radius 2 is 1.91 bits per heavy atom. The predicted octanol–water partition coefficient (Wildman–Crippen LogP) is 4.17. The summed E-state index contributed by atoms with van der Waals surface area (Å²) in [5.74, 6) is 0.467. The van der Waals surface area contributed by atoms with Crippen molar-refractivity contribution in [3.05, 3.63) is 50.7 Å². The molecule has 0 N–H and O–H groups in total. The third-order valence-corrected chi connectivity index (χ3v) is 4.03. The van der Waals surface area contributed by atoms with Gasteiger partial charge in [-0.2, -0.15) is 0 Å². The molecule has 3 rings (SSSR count). The van der Waals surface area contributed by atoms with Crippen LogP contribution in [0.4, 0.5) is 0 Å². The number of carbonyl (C=O) groups excluding carboxylic acids is 1. The highest BCUT2D eigenvalue weighted by molar-refractivity contribution is 6.41. The second kappa shape index (κ2) is 6.83. The van der Waals surface area contributed by atoms with Gasteiger partial charge in [-0.3, -0.25) is 0 Å². The Labute approximate surface area is 147 Å². The molecule has 2 heterocycles. The van der Waals surface area contributed by atoms with E-state index in [9.17, 15) is 4.79 Å². The second-order valence-corrected chi connectivity index (χ2v) is 5.85. The monoisotopic (exact) mass is 373 g/mol. The molecule has 0 fully saturated rings. The fraction of sp³-hybridized carbons (Fsp3) is 0.200. The molecule has 1 aliphatic heterocycles. The first-order valence-corrected chi connectivity index (χ1v) is 7.74. The van der Waals surface area contributed by atoms with Gasteiger partial charge < -0.3 is 14.2 Å². The number of benzene rings is 1. The lowest BCUT2D eigenvalue weighted by Crippen LogP contribution is -2.16. The molecule has 0 spiro atoms. The van der Waals surface area contributed by atoms with Gasteiger partial charge in [0.25, 0.3) is 0 Å². The molecule has 8 heteroatoms. The van der Waals surface area contributed by atoms with Crippen LogP contribution in [-0.2, 0) is 11.3 Å². The van der Waals surface area contributed by atoms with E-state index < -0.39 is 5.97 Å². The topological polar surface area (TPSA) is 57.7 Å². The van der Waals surface area contributed by atoms with Crippen molar-refractivity contribution in [3.8, 4) is 11.5 Å². The van der Waals surface area contributed by atoms with Crippen molar-refractivity contribution in [1.29, 1.82) is 0 Å². The minimum Gasteiger partial charge on any atom is -0.486 e. The summed E-state index contributed by atoms with van der Waals surface area (Å²) in [5.41, 5.74) is 0.892. The Morgan fingerprint density at radius 3 is 2.70 bits per heavy atom. The molecule has 5 nitrogen and oxygen atoms in total. The van der Waals surface area contributed by atoms with Crippen LogP contribution >= 0.6 is 34.8 Å². The van der Waals surface area contributed by atoms with E-state index in [1.54, 1.807) is 12.1 Å². The molecular weight excluding hydrogens is 365 g/mol. The van der Waals surface area contributed by atoms with Gasteiger partial charge in [0, 0.05) is 6.20 Å². The molecule has 1 aromatic heterocycles. The standard InChI is InChI=1S/C15H10Cl3NO4/c16-10-3-8(4-12-13(10)22-2-1-21-12)7-23-15(20)9-5-11(17)14(18)19-6-9/h3-6H,1-2,7H2. The number of pyridine rings is 1. The molecule has 120 valence electrons. The number of fused-ring (bicyclic) bond motifs is 1. The third-order valence-electron chi connectivity index (χ3n) is 3.06. The normalized spacial score (nSPS) is 12.8. The predicted molar refractivity (Wildman–Crippen MR) is 85.8 cm³/mol. The van der Waals surface area contributed by atoms with Crippen LogP contribution < -0.4 is 9.47 Å². The molecule has 0 saturated heterocycles. The highest BCUT2D eigenvalue weighted by Gasteiger charge is 2.17. The molecule has 0 bridgehead atoms. The van der Waals surface area contributed by atoms with Crippen LogP contribution in [0.15, 0.2) is 24.4 Å². The van der Waals surface area contributed by atoms with Gasteiger partial charge in [0.1, 0.15) is 25.0 Å². The zero-order valence-corrected chi connectivity index (χ0v) is 13.9. The minimum atomic E-state index is -0.568. The first-order valence-electron chi connectivity index (χ1n) is 6.61. The van der Waals surface area contributed by atoms with Gasteiger partial charge in [0.05, 0.1) is 15.6 Å². The quantitative estimate of drug-likeness (QED) is 0.596. The summed E-state index contributed by atoms with van der Waals surface area (Å²) in [6.45, 7) is 0.919. The van der Waals surface area contributed by atoms with Crippen LogP contribution in [0.5, 0.6) is 11.5 Å². The number of aromatic nitrogens is 1. The zero-order chi connectivity index (χ0) is 16.4. The molecule has 1 aromatic carbocycles. The number of hydrogen-bond donors (Lipinski definition) is 0. The summed E-state index contributed by atoms with van der Waals surface area (Å²) in [7, 11) is 0. The number of esters is 1. The molecule has 0 saturated carbocycles. The highest BCUT2D eigenvalue weighted by Crippen LogP contribution is 2.38. The largest absolute Gasteiger partial charge is 0.486 e. The Balaban J connectivity index is 1.71. The number of nitrogens with zero attached hydrogens (tertiary/aromatic N) is 1. The summed E-state index contributed by atoms with van der Waals surface area (Å²) in [5, 5.41) is 0.717. The van der Waals surface area contributed by atoms with Crippen molar-refractivity contribution < 1.29 is 19.0 Å². The Morgan fingerprint density at radius 1 is 1.13 bits per heavy atom. The van der Waals surface area contributed by atoms with Gasteiger partial charge in [-0.1, -0.05) is 34.8 Å². The van der Waals surface area contributed by atoms with E-state index >= 15 is 0 Å². The van der Waals surface area contributed by atoms with Crippen molar-refractivity contribution in [2.75, 3.05) is 13.2 Å². The summed E-state index contributed by atoms with van der Waals surface area (Å²) in [6.07, 6.45) is 1.30. The number of ether oxygens (including phenoxy) is 3. The maximum atomic E-state index is 12.0. The number of hydrogen-bond acceptors (Lipinski definition) is 5. The van der Waals surface area contributed by atoms with Crippen molar-refractivity contribution in [1.82, 2.24) is 4.98 Å². The highest BCUT2D eigenvalue weighted by atomic mass is 35.5. The average Bonchev–Trinajstić information content (AvgIpc) is 2.55. The Hall–Kier alpha value is -1.69. The maximum absolute atomic E-state index is 12.0. The molecule has 0 radical (unpaired) electrons. The number of halogens is 3. The third kappa shape index (κ3) is 3.63. The lowest BCUT2D eigenvalue weighted by atomic mass is 10.2. The van der Waals surface area contributed by atoms with Crippen molar-refractivity contribution in [3.63, 3.8) is 0 Å². The van der Waals surface area contributed by atoms with Crippen LogP contribution in [0.3, 0.4) is 0 Å². The summed E-state index contributed by atoms with van der Waals surface area (Å²) in [4.78, 5) is 15.8. The van der Waals surface area contributed by atoms with Gasteiger partial charge in [0.15, 0.2) is 11.5 Å². The Kier molecular flexibility index (Phi) is 4.80. The van der Waals surface area contributed by atoms with E-state index in [1.165, 1.54) is 12.3 Å². The van der Waals surface area contributed by atoms with Crippen LogP contribution in [-0.4, -0.2) is 24.2 Å². The summed E-state index contributed by atoms with van der Waals surface area (Å²) >= 11 is 17.7. The first kappa shape index (κ1) is 16.2. The molecule has 0 atom stereocenters. The van der Waals surface area contributed by atoms with Gasteiger partial charge in [0.2, 0.25) is 0 Å². The molecular formula is C15H10Cl3NO4. The summed E-state index contributed by atoms with van der Waals surface area (Å²) < 4.78 is 16.1. The van der Waals surface area contributed by atoms with E-state index in [2.05, 4.69) is 4.98 Å². The first-order chi connectivity index (χ1) is 11.0. The van der Waals surface area contributed by atoms with E-state index in [-0.39, 0.29) is 22.3 Å². The Bertz CT molecular complexity index is 767. The smallest absolute Gasteiger partial charge is 0.340 e. The van der Waals surface area contributed by atoms with Gasteiger partial charge in [-0.15, -0.1) is 0 Å². The average molecular weight is 375 g/mol. The molecule has 0 aliphatic carbocycles. The van der Waals surface area contributed by atoms with E-state index in [0.717, 1.165) is 0 Å². The zero-order valence-electron chi connectivity index (χ0n) is 11.6. The van der Waals surface area contributed by atoms with Crippen LogP contribution in [0.1, 0.15) is 15.9 Å². The lowest BCUT2D eigenvalue weighted by molar-refractivity contribution is 0.0471. The van der Waals surface area contributed by atoms with Gasteiger partial charge in [-0.25, -0.2) is 9.78 Å². The fourth-order valence-electron chi connectivity index (χ4n) is 2.01. The van der Waals surface area contributed by atoms with E-state index in [4.69, 9.17) is 49.0 Å². The van der Waals surface area contributed by atoms with Crippen molar-refractivity contribution in [2.45, 2.75) is 6.61 Å². The van der Waals surface area contributed by atoms with Crippen molar-refractivity contribution in [2.24, 2.45) is 0 Å². The maximum Gasteiger partial charge on any atom is 0.340 e. The fourth-order valence-corrected chi connectivity index (χ4v) is 2.57. The van der Waals surface area contributed by atoms with E-state index in [1.807, 2.05) is 0 Å². The van der Waals surface area contributed by atoms with Gasteiger partial charge >= 0.3 is 5.97 Å². The SMILES string of the molecule is O=C(OCc1cc(Cl)c2c(c1)OCCO2)c1cnc(Cl)c(Cl)c1. The molecule has 1 aliphatic rings. The molecule has 2 aromatic rings. The number of rotatable bonds is 3. The minimum absolute atomic E-state index is 0.0233. The van der Waals surface area contributed by atoms with Crippen molar-refractivity contribution >= 4 is 40.8 Å². The van der Waals surface area contributed by atoms with Crippen LogP contribution in [0.2, 0.25) is 15.2 Å². The second-order valence-electron chi connectivity index (χ2n) is 4.67. The lowest BCUT2D eigenvalue weighted by Gasteiger charge is -2.20. The number of carbonyl (C=O) groups is 1.